The third-order valence-corrected chi connectivity index (χ3v) is 3.71. The van der Waals surface area contributed by atoms with Crippen LogP contribution < -0.4 is 16.6 Å². The van der Waals surface area contributed by atoms with Crippen molar-refractivity contribution in [3.05, 3.63) is 58.7 Å². The maximum atomic E-state index is 6.52. The molecular formula is C16H20BN. The summed E-state index contributed by atoms with van der Waals surface area (Å²) >= 11 is 0. The van der Waals surface area contributed by atoms with Crippen LogP contribution in [-0.4, -0.2) is 6.85 Å². The first-order valence-electron chi connectivity index (χ1n) is 6.40. The van der Waals surface area contributed by atoms with Crippen molar-refractivity contribution in [2.45, 2.75) is 27.7 Å². The second-order valence-corrected chi connectivity index (χ2v) is 5.09. The molecular weight excluding hydrogens is 217 g/mol. The van der Waals surface area contributed by atoms with Gasteiger partial charge in [-0.05, 0) is 27.7 Å². The Balaban J connectivity index is 2.58. The molecule has 0 saturated carbocycles. The smallest absolute Gasteiger partial charge is 0.287 e. The fraction of sp³-hybridized carbons (Fsp3) is 0.250. The van der Waals surface area contributed by atoms with Gasteiger partial charge in [0.2, 0.25) is 0 Å². The Morgan fingerprint density at radius 2 is 0.944 bits per heavy atom. The summed E-state index contributed by atoms with van der Waals surface area (Å²) in [6, 6.07) is 12.7. The number of hydrogen-bond donors (Lipinski definition) is 1. The molecule has 2 heteroatoms. The van der Waals surface area contributed by atoms with Crippen molar-refractivity contribution in [2.24, 2.45) is 5.64 Å². The minimum Gasteiger partial charge on any atom is -0.362 e. The summed E-state index contributed by atoms with van der Waals surface area (Å²) in [7, 11) is 0. The molecule has 0 fully saturated rings. The van der Waals surface area contributed by atoms with Gasteiger partial charge in [0.25, 0.3) is 6.85 Å². The van der Waals surface area contributed by atoms with Crippen molar-refractivity contribution < 1.29 is 0 Å². The molecule has 2 rings (SSSR count). The molecule has 0 atom stereocenters. The quantitative estimate of drug-likeness (QED) is 0.794. The standard InChI is InChI=1S/C16H20BN/c1-11-7-5-8-12(2)15(11)17(18)16-13(3)9-6-10-14(16)4/h5-10H,18H2,1-4H3. The Labute approximate surface area is 110 Å². The Morgan fingerprint density at radius 3 is 1.22 bits per heavy atom. The molecule has 1 nitrogen and oxygen atoms in total. The predicted molar refractivity (Wildman–Crippen MR) is 81.0 cm³/mol. The van der Waals surface area contributed by atoms with Crippen molar-refractivity contribution >= 4 is 17.8 Å². The van der Waals surface area contributed by atoms with Gasteiger partial charge in [0.15, 0.2) is 0 Å². The molecule has 0 aromatic heterocycles. The van der Waals surface area contributed by atoms with Gasteiger partial charge in [-0.3, -0.25) is 0 Å². The predicted octanol–water partition coefficient (Wildman–Crippen LogP) is 1.98. The van der Waals surface area contributed by atoms with Gasteiger partial charge in [-0.25, -0.2) is 0 Å². The van der Waals surface area contributed by atoms with Crippen molar-refractivity contribution in [2.75, 3.05) is 0 Å². The summed E-state index contributed by atoms with van der Waals surface area (Å²) in [5, 5.41) is 0. The first-order valence-corrected chi connectivity index (χ1v) is 6.40. The minimum atomic E-state index is -0.0348. The number of nitrogens with two attached hydrogens (primary N) is 1. The highest BCUT2D eigenvalue weighted by atomic mass is 14.4. The van der Waals surface area contributed by atoms with Crippen molar-refractivity contribution in [3.63, 3.8) is 0 Å². The van der Waals surface area contributed by atoms with Gasteiger partial charge in [0, 0.05) is 0 Å². The van der Waals surface area contributed by atoms with Crippen LogP contribution >= 0.6 is 0 Å². The summed E-state index contributed by atoms with van der Waals surface area (Å²) in [4.78, 5) is 0. The highest BCUT2D eigenvalue weighted by Gasteiger charge is 2.21. The molecule has 0 aliphatic rings. The van der Waals surface area contributed by atoms with Crippen molar-refractivity contribution in [3.8, 4) is 0 Å². The monoisotopic (exact) mass is 237 g/mol. The normalized spacial score (nSPS) is 10.5. The van der Waals surface area contributed by atoms with Crippen LogP contribution in [0.4, 0.5) is 0 Å². The molecule has 2 N–H and O–H groups in total. The summed E-state index contributed by atoms with van der Waals surface area (Å²) in [6.45, 7) is 8.50. The van der Waals surface area contributed by atoms with Gasteiger partial charge in [0.1, 0.15) is 0 Å². The van der Waals surface area contributed by atoms with E-state index in [0.29, 0.717) is 0 Å². The third-order valence-electron chi connectivity index (χ3n) is 3.71. The van der Waals surface area contributed by atoms with Crippen molar-refractivity contribution in [1.29, 1.82) is 0 Å². The molecule has 0 spiro atoms. The van der Waals surface area contributed by atoms with E-state index in [4.69, 9.17) is 5.64 Å². The molecule has 18 heavy (non-hydrogen) atoms. The fourth-order valence-electron chi connectivity index (χ4n) is 2.78. The third kappa shape index (κ3) is 2.21. The zero-order valence-corrected chi connectivity index (χ0v) is 11.6. The Bertz CT molecular complexity index is 483. The zero-order chi connectivity index (χ0) is 13.3. The lowest BCUT2D eigenvalue weighted by molar-refractivity contribution is 1.40. The molecule has 0 aliphatic heterocycles. The molecule has 0 heterocycles. The molecule has 0 radical (unpaired) electrons. The van der Waals surface area contributed by atoms with Crippen LogP contribution in [0, 0.1) is 27.7 Å². The summed E-state index contributed by atoms with van der Waals surface area (Å²) < 4.78 is 0. The van der Waals surface area contributed by atoms with Crippen LogP contribution in [0.3, 0.4) is 0 Å². The van der Waals surface area contributed by atoms with Crippen LogP contribution in [0.5, 0.6) is 0 Å². The lowest BCUT2D eigenvalue weighted by Crippen LogP contribution is -2.54. The number of benzene rings is 2. The Hall–Kier alpha value is -1.54. The fourth-order valence-corrected chi connectivity index (χ4v) is 2.78. The van der Waals surface area contributed by atoms with Gasteiger partial charge in [-0.15, -0.1) is 0 Å². The number of aryl methyl sites for hydroxylation is 4. The van der Waals surface area contributed by atoms with Gasteiger partial charge in [-0.2, -0.15) is 0 Å². The van der Waals surface area contributed by atoms with E-state index in [-0.39, 0.29) is 6.85 Å². The van der Waals surface area contributed by atoms with Crippen LogP contribution in [0.25, 0.3) is 0 Å². The average molecular weight is 237 g/mol. The molecule has 0 aliphatic carbocycles. The molecule has 0 unspecified atom stereocenters. The molecule has 2 aromatic carbocycles. The molecule has 0 saturated heterocycles. The highest BCUT2D eigenvalue weighted by Crippen LogP contribution is 2.05. The summed E-state index contributed by atoms with van der Waals surface area (Å²) in [5.74, 6) is 0. The zero-order valence-electron chi connectivity index (χ0n) is 11.6. The van der Waals surface area contributed by atoms with Crippen LogP contribution in [0.2, 0.25) is 0 Å². The Kier molecular flexibility index (Phi) is 3.58. The van der Waals surface area contributed by atoms with Gasteiger partial charge in [0.05, 0.1) is 0 Å². The average Bonchev–Trinajstić information content (AvgIpc) is 2.28. The van der Waals surface area contributed by atoms with E-state index in [9.17, 15) is 0 Å². The maximum absolute atomic E-state index is 6.52. The van der Waals surface area contributed by atoms with E-state index in [1.54, 1.807) is 0 Å². The highest BCUT2D eigenvalue weighted by molar-refractivity contribution is 6.83. The molecule has 0 amide bonds. The lowest BCUT2D eigenvalue weighted by Gasteiger charge is -2.18. The second kappa shape index (κ2) is 4.99. The Morgan fingerprint density at radius 1 is 0.667 bits per heavy atom. The second-order valence-electron chi connectivity index (χ2n) is 5.09. The van der Waals surface area contributed by atoms with E-state index < -0.39 is 0 Å². The van der Waals surface area contributed by atoms with Crippen LogP contribution in [-0.2, 0) is 0 Å². The van der Waals surface area contributed by atoms with E-state index in [1.807, 2.05) is 0 Å². The molecule has 2 aromatic rings. The largest absolute Gasteiger partial charge is 0.362 e. The first-order chi connectivity index (χ1) is 8.52. The van der Waals surface area contributed by atoms with Crippen LogP contribution in [0.15, 0.2) is 36.4 Å². The first kappa shape index (κ1) is 12.9. The van der Waals surface area contributed by atoms with Gasteiger partial charge >= 0.3 is 0 Å². The molecule has 92 valence electrons. The van der Waals surface area contributed by atoms with E-state index in [0.717, 1.165) is 0 Å². The summed E-state index contributed by atoms with van der Waals surface area (Å²) in [6.07, 6.45) is 0. The summed E-state index contributed by atoms with van der Waals surface area (Å²) in [5.41, 5.74) is 14.1. The molecule has 0 bridgehead atoms. The lowest BCUT2D eigenvalue weighted by atomic mass is 9.48. The van der Waals surface area contributed by atoms with Crippen LogP contribution in [0.1, 0.15) is 22.3 Å². The number of rotatable bonds is 2. The van der Waals surface area contributed by atoms with E-state index >= 15 is 0 Å². The minimum absolute atomic E-state index is 0.0348. The SMILES string of the molecule is Cc1cccc(C)c1B(N)c1c(C)cccc1C. The van der Waals surface area contributed by atoms with E-state index in [1.165, 1.54) is 33.2 Å². The maximum Gasteiger partial charge on any atom is 0.287 e. The number of hydrogen-bond acceptors (Lipinski definition) is 1. The van der Waals surface area contributed by atoms with E-state index in [2.05, 4.69) is 64.1 Å². The topological polar surface area (TPSA) is 26.0 Å². The van der Waals surface area contributed by atoms with Gasteiger partial charge in [-0.1, -0.05) is 69.6 Å². The van der Waals surface area contributed by atoms with Gasteiger partial charge < -0.3 is 5.64 Å². The van der Waals surface area contributed by atoms with Crippen molar-refractivity contribution in [1.82, 2.24) is 0 Å².